The molecule has 3 rings (SSSR count). The zero-order valence-corrected chi connectivity index (χ0v) is 16.6. The Kier molecular flexibility index (Phi) is 6.69. The van der Waals surface area contributed by atoms with Crippen LogP contribution in [0.3, 0.4) is 0 Å². The summed E-state index contributed by atoms with van der Waals surface area (Å²) in [6, 6.07) is 13.4. The fraction of sp³-hybridized carbons (Fsp3) is 0.429. The van der Waals surface area contributed by atoms with E-state index in [0.717, 1.165) is 50.0 Å². The van der Waals surface area contributed by atoms with E-state index in [-0.39, 0.29) is 5.96 Å². The Labute approximate surface area is 166 Å². The number of unbranched alkanes of at least 4 members (excludes halogenated alkanes) is 1. The van der Waals surface area contributed by atoms with Crippen molar-refractivity contribution in [2.24, 2.45) is 16.5 Å². The van der Waals surface area contributed by atoms with Gasteiger partial charge in [0.2, 0.25) is 0 Å². The van der Waals surface area contributed by atoms with Crippen LogP contribution in [0.4, 0.5) is 0 Å². The second kappa shape index (κ2) is 9.20. The lowest BCUT2D eigenvalue weighted by atomic mass is 10.1. The molecule has 1 aromatic carbocycles. The number of guanidine groups is 1. The molecule has 4 N–H and O–H groups in total. The van der Waals surface area contributed by atoms with Crippen molar-refractivity contribution >= 4 is 17.6 Å². The number of benzene rings is 1. The minimum atomic E-state index is 0.163. The van der Waals surface area contributed by atoms with Crippen LogP contribution in [-0.4, -0.2) is 35.0 Å². The maximum absolute atomic E-state index is 6.40. The Morgan fingerprint density at radius 3 is 2.48 bits per heavy atom. The van der Waals surface area contributed by atoms with Crippen LogP contribution in [0.5, 0.6) is 0 Å². The van der Waals surface area contributed by atoms with Gasteiger partial charge in [-0.2, -0.15) is 0 Å². The predicted octanol–water partition coefficient (Wildman–Crippen LogP) is 3.07. The highest BCUT2D eigenvalue weighted by atomic mass is 35.5. The summed E-state index contributed by atoms with van der Waals surface area (Å²) in [6.07, 6.45) is 4.18. The molecule has 1 aromatic heterocycles. The quantitative estimate of drug-likeness (QED) is 0.316. The molecule has 0 radical (unpaired) electrons. The highest BCUT2D eigenvalue weighted by Crippen LogP contribution is 2.27. The van der Waals surface area contributed by atoms with Gasteiger partial charge in [-0.1, -0.05) is 41.9 Å². The number of hydrogen-bond donors (Lipinski definition) is 2. The second-order valence-electron chi connectivity index (χ2n) is 7.22. The van der Waals surface area contributed by atoms with Crippen molar-refractivity contribution in [3.63, 3.8) is 0 Å². The van der Waals surface area contributed by atoms with Gasteiger partial charge < -0.3 is 11.5 Å². The minimum absolute atomic E-state index is 0.163. The molecule has 0 aliphatic heterocycles. The molecule has 0 atom stereocenters. The van der Waals surface area contributed by atoms with Gasteiger partial charge >= 0.3 is 0 Å². The molecule has 5 nitrogen and oxygen atoms in total. The normalized spacial score (nSPS) is 13.7. The number of halogens is 1. The van der Waals surface area contributed by atoms with E-state index in [9.17, 15) is 0 Å². The first kappa shape index (κ1) is 19.6. The maximum atomic E-state index is 6.40. The number of rotatable bonds is 8. The molecule has 2 aromatic rings. The van der Waals surface area contributed by atoms with E-state index >= 15 is 0 Å². The van der Waals surface area contributed by atoms with Gasteiger partial charge in [0.15, 0.2) is 5.96 Å². The van der Waals surface area contributed by atoms with E-state index in [2.05, 4.69) is 45.2 Å². The molecule has 0 fully saturated rings. The third kappa shape index (κ3) is 5.44. The third-order valence-electron chi connectivity index (χ3n) is 5.13. The van der Waals surface area contributed by atoms with Crippen LogP contribution < -0.4 is 11.5 Å². The Morgan fingerprint density at radius 2 is 1.85 bits per heavy atom. The van der Waals surface area contributed by atoms with Gasteiger partial charge in [-0.25, -0.2) is 4.98 Å². The molecule has 1 aliphatic rings. The van der Waals surface area contributed by atoms with Gasteiger partial charge in [0.05, 0.1) is 0 Å². The molecule has 0 spiro atoms. The number of fused-ring (bicyclic) bond motifs is 1. The topological polar surface area (TPSA) is 80.5 Å². The van der Waals surface area contributed by atoms with E-state index in [4.69, 9.17) is 23.1 Å². The molecule has 0 amide bonds. The average Bonchev–Trinajstić information content (AvgIpc) is 3.06. The fourth-order valence-corrected chi connectivity index (χ4v) is 3.97. The van der Waals surface area contributed by atoms with Crippen LogP contribution in [0, 0.1) is 6.92 Å². The van der Waals surface area contributed by atoms with Gasteiger partial charge in [0, 0.05) is 30.4 Å². The Balaban J connectivity index is 1.68. The molecule has 1 heterocycles. The molecule has 0 saturated heterocycles. The van der Waals surface area contributed by atoms with Crippen molar-refractivity contribution in [2.75, 3.05) is 13.1 Å². The third-order valence-corrected chi connectivity index (χ3v) is 5.46. The fourth-order valence-electron chi connectivity index (χ4n) is 3.71. The molecule has 27 heavy (non-hydrogen) atoms. The molecule has 0 unspecified atom stereocenters. The summed E-state index contributed by atoms with van der Waals surface area (Å²) in [4.78, 5) is 11.0. The predicted molar refractivity (Wildman–Crippen MR) is 112 cm³/mol. The molecular formula is C21H28ClN5. The molecular weight excluding hydrogens is 358 g/mol. The zero-order chi connectivity index (χ0) is 19.2. The van der Waals surface area contributed by atoms with E-state index in [1.807, 2.05) is 13.0 Å². The second-order valence-corrected chi connectivity index (χ2v) is 7.58. The summed E-state index contributed by atoms with van der Waals surface area (Å²) in [5, 5.41) is 0.607. The first-order valence-corrected chi connectivity index (χ1v) is 9.89. The van der Waals surface area contributed by atoms with Crippen LogP contribution in [0.15, 0.2) is 41.4 Å². The molecule has 0 bridgehead atoms. The van der Waals surface area contributed by atoms with Crippen molar-refractivity contribution in [1.82, 2.24) is 9.88 Å². The van der Waals surface area contributed by atoms with Gasteiger partial charge in [-0.05, 0) is 56.3 Å². The first-order chi connectivity index (χ1) is 13.0. The van der Waals surface area contributed by atoms with Crippen LogP contribution in [0.25, 0.3) is 0 Å². The summed E-state index contributed by atoms with van der Waals surface area (Å²) in [5.41, 5.74) is 15.8. The van der Waals surface area contributed by atoms with Gasteiger partial charge in [0.1, 0.15) is 5.15 Å². The van der Waals surface area contributed by atoms with Crippen molar-refractivity contribution in [2.45, 2.75) is 45.2 Å². The molecule has 6 heteroatoms. The molecule has 0 saturated carbocycles. The number of nitrogens with two attached hydrogens (primary N) is 2. The molecule has 1 aliphatic carbocycles. The number of aromatic nitrogens is 1. The first-order valence-electron chi connectivity index (χ1n) is 9.51. The lowest BCUT2D eigenvalue weighted by Gasteiger charge is -2.29. The summed E-state index contributed by atoms with van der Waals surface area (Å²) in [5.74, 6) is 0.163. The highest BCUT2D eigenvalue weighted by Gasteiger charge is 2.26. The number of hydrogen-bond acceptors (Lipinski definition) is 3. The van der Waals surface area contributed by atoms with E-state index < -0.39 is 0 Å². The minimum Gasteiger partial charge on any atom is -0.370 e. The number of aliphatic imine (C=N–C) groups is 1. The maximum Gasteiger partial charge on any atom is 0.185 e. The van der Waals surface area contributed by atoms with Gasteiger partial charge in [-0.3, -0.25) is 9.89 Å². The Morgan fingerprint density at radius 1 is 1.15 bits per heavy atom. The SMILES string of the molecule is Cc1ccc(CN(CCCCN=C(N)N)C2Cc3ccccc3C2)c(Cl)n1. The summed E-state index contributed by atoms with van der Waals surface area (Å²) in [6.45, 7) is 4.44. The van der Waals surface area contributed by atoms with Crippen molar-refractivity contribution in [3.05, 3.63) is 63.9 Å². The monoisotopic (exact) mass is 385 g/mol. The lowest BCUT2D eigenvalue weighted by molar-refractivity contribution is 0.189. The summed E-state index contributed by atoms with van der Waals surface area (Å²) in [7, 11) is 0. The number of pyridine rings is 1. The smallest absolute Gasteiger partial charge is 0.185 e. The lowest BCUT2D eigenvalue weighted by Crippen LogP contribution is -2.36. The van der Waals surface area contributed by atoms with Crippen molar-refractivity contribution in [1.29, 1.82) is 0 Å². The van der Waals surface area contributed by atoms with Gasteiger partial charge in [-0.15, -0.1) is 0 Å². The van der Waals surface area contributed by atoms with E-state index in [0.29, 0.717) is 17.7 Å². The largest absolute Gasteiger partial charge is 0.370 e. The van der Waals surface area contributed by atoms with Crippen LogP contribution >= 0.6 is 11.6 Å². The standard InChI is InChI=1S/C21H28ClN5/c1-15-8-9-18(20(22)26-15)14-27(11-5-4-10-25-21(23)24)19-12-16-6-2-3-7-17(16)13-19/h2-3,6-9,19H,4-5,10-14H2,1H3,(H4,23,24,25). The van der Waals surface area contributed by atoms with Gasteiger partial charge in [0.25, 0.3) is 0 Å². The number of nitrogens with zero attached hydrogens (tertiary/aromatic N) is 3. The van der Waals surface area contributed by atoms with Crippen LogP contribution in [-0.2, 0) is 19.4 Å². The van der Waals surface area contributed by atoms with Crippen LogP contribution in [0.1, 0.15) is 35.2 Å². The van der Waals surface area contributed by atoms with Crippen molar-refractivity contribution < 1.29 is 0 Å². The van der Waals surface area contributed by atoms with E-state index in [1.54, 1.807) is 0 Å². The summed E-state index contributed by atoms with van der Waals surface area (Å²) >= 11 is 6.40. The number of aryl methyl sites for hydroxylation is 1. The average molecular weight is 386 g/mol. The van der Waals surface area contributed by atoms with Crippen molar-refractivity contribution in [3.8, 4) is 0 Å². The Hall–Kier alpha value is -2.11. The van der Waals surface area contributed by atoms with Crippen LogP contribution in [0.2, 0.25) is 5.15 Å². The van der Waals surface area contributed by atoms with E-state index in [1.165, 1.54) is 11.1 Å². The highest BCUT2D eigenvalue weighted by molar-refractivity contribution is 6.30. The summed E-state index contributed by atoms with van der Waals surface area (Å²) < 4.78 is 0. The zero-order valence-electron chi connectivity index (χ0n) is 15.9. The molecule has 144 valence electrons. The Bertz CT molecular complexity index is 776.